The second-order valence-corrected chi connectivity index (χ2v) is 6.19. The molecule has 0 bridgehead atoms. The quantitative estimate of drug-likeness (QED) is 0.902. The van der Waals surface area contributed by atoms with Gasteiger partial charge < -0.3 is 10.6 Å². The minimum Gasteiger partial charge on any atom is -0.337 e. The van der Waals surface area contributed by atoms with Gasteiger partial charge >= 0.3 is 5.92 Å². The van der Waals surface area contributed by atoms with Crippen molar-refractivity contribution in [1.82, 2.24) is 4.90 Å². The summed E-state index contributed by atoms with van der Waals surface area (Å²) in [6, 6.07) is 3.60. The Morgan fingerprint density at radius 3 is 2.36 bits per heavy atom. The van der Waals surface area contributed by atoms with Crippen LogP contribution in [0.5, 0.6) is 0 Å². The van der Waals surface area contributed by atoms with Crippen LogP contribution in [0.1, 0.15) is 25.8 Å². The van der Waals surface area contributed by atoms with Crippen molar-refractivity contribution < 1.29 is 18.0 Å². The van der Waals surface area contributed by atoms with Gasteiger partial charge in [0.2, 0.25) is 0 Å². The van der Waals surface area contributed by atoms with E-state index in [1.807, 2.05) is 13.8 Å². The predicted molar refractivity (Wildman–Crippen MR) is 80.5 cm³/mol. The molecule has 0 saturated carbocycles. The van der Waals surface area contributed by atoms with Crippen molar-refractivity contribution in [1.29, 1.82) is 0 Å². The number of piperidine rings is 1. The molecule has 0 spiro atoms. The summed E-state index contributed by atoms with van der Waals surface area (Å²) in [5, 5.41) is 0. The van der Waals surface area contributed by atoms with E-state index in [0.29, 0.717) is 6.42 Å². The molecule has 2 N–H and O–H groups in total. The van der Waals surface area contributed by atoms with Crippen LogP contribution in [-0.2, 0) is 10.7 Å². The maximum Gasteiger partial charge on any atom is 0.349 e. The molecule has 1 atom stereocenters. The van der Waals surface area contributed by atoms with Gasteiger partial charge in [-0.25, -0.2) is 4.39 Å². The van der Waals surface area contributed by atoms with Crippen molar-refractivity contribution in [2.75, 3.05) is 13.1 Å². The number of nitrogens with two attached hydrogens (primary N) is 1. The molecule has 0 aliphatic carbocycles. The topological polar surface area (TPSA) is 46.3 Å². The minimum atomic E-state index is -3.66. The number of nitrogens with zero attached hydrogens (tertiary/aromatic N) is 1. The summed E-state index contributed by atoms with van der Waals surface area (Å²) in [4.78, 5) is 13.3. The van der Waals surface area contributed by atoms with Gasteiger partial charge in [-0.2, -0.15) is 8.78 Å². The highest BCUT2D eigenvalue weighted by Crippen LogP contribution is 2.34. The number of carbonyl (C=O) groups is 1. The number of alkyl halides is 2. The third kappa shape index (κ3) is 3.55. The zero-order chi connectivity index (χ0) is 15.8. The van der Waals surface area contributed by atoms with E-state index >= 15 is 0 Å². The molecule has 3 nitrogen and oxygen atoms in total. The molecule has 0 aromatic heterocycles. The molecular weight excluding hydrogens is 317 g/mol. The fraction of sp³-hybridized carbons (Fsp3) is 0.533. The Hall–Kier alpha value is -1.27. The van der Waals surface area contributed by atoms with E-state index in [4.69, 9.17) is 5.73 Å². The van der Waals surface area contributed by atoms with Gasteiger partial charge in [-0.1, -0.05) is 13.8 Å². The van der Waals surface area contributed by atoms with Crippen LogP contribution in [0.3, 0.4) is 0 Å². The molecule has 1 fully saturated rings. The van der Waals surface area contributed by atoms with Crippen LogP contribution in [-0.4, -0.2) is 29.9 Å². The number of rotatable bonds is 2. The molecule has 124 valence electrons. The zero-order valence-electron chi connectivity index (χ0n) is 12.5. The van der Waals surface area contributed by atoms with Crippen molar-refractivity contribution >= 4 is 18.3 Å². The summed E-state index contributed by atoms with van der Waals surface area (Å²) >= 11 is 0. The van der Waals surface area contributed by atoms with Gasteiger partial charge in [0.05, 0.1) is 0 Å². The lowest BCUT2D eigenvalue weighted by Gasteiger charge is -2.43. The van der Waals surface area contributed by atoms with E-state index in [-0.39, 0.29) is 31.5 Å². The van der Waals surface area contributed by atoms with E-state index < -0.39 is 28.6 Å². The van der Waals surface area contributed by atoms with Crippen molar-refractivity contribution in [2.24, 2.45) is 11.1 Å². The summed E-state index contributed by atoms with van der Waals surface area (Å²) in [5.41, 5.74) is 5.04. The monoisotopic (exact) mass is 336 g/mol. The molecule has 1 unspecified atom stereocenters. The molecule has 1 aromatic rings. The number of hydrogen-bond donors (Lipinski definition) is 1. The standard InChI is InChI=1S/C15H19F3N2O.ClH/c1-14(2)9-20(8-7-12(14)19)13(21)15(17,18)10-3-5-11(16)6-4-10;/h3-6,12H,7-9,19H2,1-2H3;1H. The van der Waals surface area contributed by atoms with Gasteiger partial charge in [-0.3, -0.25) is 4.79 Å². The van der Waals surface area contributed by atoms with Crippen LogP contribution in [0, 0.1) is 11.2 Å². The van der Waals surface area contributed by atoms with Crippen molar-refractivity contribution in [3.63, 3.8) is 0 Å². The van der Waals surface area contributed by atoms with Gasteiger partial charge in [0.25, 0.3) is 5.91 Å². The highest BCUT2D eigenvalue weighted by atomic mass is 35.5. The number of likely N-dealkylation sites (tertiary alicyclic amines) is 1. The van der Waals surface area contributed by atoms with Gasteiger partial charge in [0, 0.05) is 24.7 Å². The lowest BCUT2D eigenvalue weighted by molar-refractivity contribution is -0.162. The highest BCUT2D eigenvalue weighted by Gasteiger charge is 2.47. The summed E-state index contributed by atoms with van der Waals surface area (Å²) < 4.78 is 41.4. The number of benzene rings is 1. The van der Waals surface area contributed by atoms with Crippen LogP contribution in [0.2, 0.25) is 0 Å². The third-order valence-corrected chi connectivity index (χ3v) is 4.07. The summed E-state index contributed by atoms with van der Waals surface area (Å²) in [5.74, 6) is -5.54. The first-order chi connectivity index (χ1) is 9.64. The number of carbonyl (C=O) groups excluding carboxylic acids is 1. The Balaban J connectivity index is 0.00000242. The molecule has 1 heterocycles. The fourth-order valence-electron chi connectivity index (χ4n) is 2.53. The van der Waals surface area contributed by atoms with Crippen molar-refractivity contribution in [3.05, 3.63) is 35.6 Å². The lowest BCUT2D eigenvalue weighted by Crippen LogP contribution is -2.56. The number of hydrogen-bond acceptors (Lipinski definition) is 2. The summed E-state index contributed by atoms with van der Waals surface area (Å²) in [6.45, 7) is 4.10. The first-order valence-corrected chi connectivity index (χ1v) is 6.83. The average molecular weight is 337 g/mol. The Labute approximate surface area is 134 Å². The molecule has 7 heteroatoms. The summed E-state index contributed by atoms with van der Waals surface area (Å²) in [7, 11) is 0. The van der Waals surface area contributed by atoms with E-state index in [1.165, 1.54) is 0 Å². The van der Waals surface area contributed by atoms with E-state index in [9.17, 15) is 18.0 Å². The zero-order valence-corrected chi connectivity index (χ0v) is 13.3. The molecular formula is C15H20ClF3N2O. The Bertz CT molecular complexity index is 534. The van der Waals surface area contributed by atoms with E-state index in [2.05, 4.69) is 0 Å². The Kier molecular flexibility index (Phi) is 5.51. The minimum absolute atomic E-state index is 0. The second kappa shape index (κ2) is 6.46. The van der Waals surface area contributed by atoms with Crippen LogP contribution in [0.4, 0.5) is 13.2 Å². The smallest absolute Gasteiger partial charge is 0.337 e. The molecule has 0 radical (unpaired) electrons. The SMILES string of the molecule is CC1(C)CN(C(=O)C(F)(F)c2ccc(F)cc2)CCC1N.Cl. The molecule has 1 aromatic carbocycles. The molecule has 1 aliphatic rings. The van der Waals surface area contributed by atoms with Gasteiger partial charge in [-0.05, 0) is 36.1 Å². The molecule has 22 heavy (non-hydrogen) atoms. The van der Waals surface area contributed by atoms with E-state index in [0.717, 1.165) is 29.2 Å². The lowest BCUT2D eigenvalue weighted by atomic mass is 9.79. The maximum absolute atomic E-state index is 14.3. The normalized spacial score (nSPS) is 21.2. The predicted octanol–water partition coefficient (Wildman–Crippen LogP) is 2.93. The number of halogens is 4. The molecule has 2 rings (SSSR count). The summed E-state index contributed by atoms with van der Waals surface area (Å²) in [6.07, 6.45) is 0.484. The average Bonchev–Trinajstić information content (AvgIpc) is 2.41. The van der Waals surface area contributed by atoms with Gasteiger partial charge in [0.1, 0.15) is 5.82 Å². The third-order valence-electron chi connectivity index (χ3n) is 4.07. The second-order valence-electron chi connectivity index (χ2n) is 6.19. The Morgan fingerprint density at radius 1 is 1.32 bits per heavy atom. The van der Waals surface area contributed by atoms with Crippen LogP contribution >= 0.6 is 12.4 Å². The van der Waals surface area contributed by atoms with Crippen LogP contribution in [0.25, 0.3) is 0 Å². The molecule has 1 aliphatic heterocycles. The largest absolute Gasteiger partial charge is 0.349 e. The van der Waals surface area contributed by atoms with E-state index in [1.54, 1.807) is 0 Å². The van der Waals surface area contributed by atoms with Crippen molar-refractivity contribution in [3.8, 4) is 0 Å². The van der Waals surface area contributed by atoms with Gasteiger partial charge in [-0.15, -0.1) is 12.4 Å². The number of amides is 1. The maximum atomic E-state index is 14.3. The highest BCUT2D eigenvalue weighted by molar-refractivity contribution is 5.85. The molecule has 1 saturated heterocycles. The fourth-order valence-corrected chi connectivity index (χ4v) is 2.53. The van der Waals surface area contributed by atoms with Crippen LogP contribution in [0.15, 0.2) is 24.3 Å². The Morgan fingerprint density at radius 2 is 1.86 bits per heavy atom. The molecule has 1 amide bonds. The van der Waals surface area contributed by atoms with Gasteiger partial charge in [0.15, 0.2) is 0 Å². The first-order valence-electron chi connectivity index (χ1n) is 6.83. The van der Waals surface area contributed by atoms with Crippen LogP contribution < -0.4 is 5.73 Å². The van der Waals surface area contributed by atoms with Crippen molar-refractivity contribution in [2.45, 2.75) is 32.2 Å². The first kappa shape index (κ1) is 18.8.